The molecular formula is C27H26F2N4O4. The van der Waals surface area contributed by atoms with Crippen molar-refractivity contribution in [1.29, 1.82) is 5.26 Å². The number of aromatic amines is 1. The highest BCUT2D eigenvalue weighted by atomic mass is 19.1. The zero-order chi connectivity index (χ0) is 26.7. The summed E-state index contributed by atoms with van der Waals surface area (Å²) in [5.74, 6) is -2.65. The van der Waals surface area contributed by atoms with Crippen LogP contribution in [-0.4, -0.2) is 45.2 Å². The van der Waals surface area contributed by atoms with Gasteiger partial charge in [0.15, 0.2) is 23.0 Å². The number of aliphatic carboxylic acids is 1. The Balaban J connectivity index is 1.94. The minimum atomic E-state index is -1.44. The van der Waals surface area contributed by atoms with Gasteiger partial charge in [0.1, 0.15) is 5.52 Å². The molecule has 1 aliphatic heterocycles. The number of rotatable bonds is 6. The molecule has 2 N–H and O–H groups in total. The number of ether oxygens (including phenoxy) is 2. The highest BCUT2D eigenvalue weighted by molar-refractivity contribution is 6.00. The summed E-state index contributed by atoms with van der Waals surface area (Å²) in [4.78, 5) is 12.0. The zero-order valence-corrected chi connectivity index (χ0v) is 20.9. The van der Waals surface area contributed by atoms with Gasteiger partial charge in [0.05, 0.1) is 31.5 Å². The van der Waals surface area contributed by atoms with Crippen molar-refractivity contribution in [1.82, 2.24) is 14.8 Å². The fourth-order valence-corrected chi connectivity index (χ4v) is 5.44. The lowest BCUT2D eigenvalue weighted by molar-refractivity contribution is -0.157. The molecule has 37 heavy (non-hydrogen) atoms. The summed E-state index contributed by atoms with van der Waals surface area (Å²) in [7, 11) is 1.36. The van der Waals surface area contributed by atoms with Crippen LogP contribution in [0.2, 0.25) is 0 Å². The van der Waals surface area contributed by atoms with Crippen molar-refractivity contribution in [2.45, 2.75) is 50.5 Å². The molecule has 8 nitrogen and oxygen atoms in total. The zero-order valence-electron chi connectivity index (χ0n) is 20.9. The molecule has 1 aliphatic rings. The van der Waals surface area contributed by atoms with E-state index in [9.17, 15) is 19.6 Å². The van der Waals surface area contributed by atoms with Crippen molar-refractivity contribution in [3.05, 3.63) is 53.4 Å². The van der Waals surface area contributed by atoms with Crippen molar-refractivity contribution >= 4 is 27.8 Å². The average Bonchev–Trinajstić information content (AvgIpc) is 3.56. The SMILES string of the molecule is COc1cc(-n2c(C(C)(C)CC#N)c(C3CO[C@@](C)(C(=O)O)C3)c3c(F)c4[nH]ncc4cc32)ccc1F. The number of halogens is 2. The maximum absolute atomic E-state index is 16.3. The number of nitriles is 1. The number of aromatic nitrogens is 3. The van der Waals surface area contributed by atoms with Gasteiger partial charge in [0.2, 0.25) is 0 Å². The number of hydrogen-bond acceptors (Lipinski definition) is 5. The summed E-state index contributed by atoms with van der Waals surface area (Å²) >= 11 is 0. The lowest BCUT2D eigenvalue weighted by Crippen LogP contribution is -2.34. The average molecular weight is 509 g/mol. The standard InChI is InChI=1S/C27H26F2N4O4/c1-26(2,7-8-30)24-20(15-11-27(3,25(34)35)37-13-15)21-18(9-14-12-31-32-23(14)22(21)29)33(24)16-5-6-17(28)19(10-16)36-4/h5-6,9-10,12,15H,7,11,13H2,1-4H3,(H,31,32)(H,34,35)/t15?,27-/m1/s1. The molecule has 1 unspecified atom stereocenters. The Hall–Kier alpha value is -3.97. The summed E-state index contributed by atoms with van der Waals surface area (Å²) in [5, 5.41) is 27.0. The molecule has 0 spiro atoms. The first-order valence-electron chi connectivity index (χ1n) is 11.8. The Kier molecular flexibility index (Phi) is 5.72. The van der Waals surface area contributed by atoms with Gasteiger partial charge in [-0.3, -0.25) is 5.10 Å². The van der Waals surface area contributed by atoms with Crippen LogP contribution in [0.5, 0.6) is 5.75 Å². The summed E-state index contributed by atoms with van der Waals surface area (Å²) in [6.45, 7) is 5.32. The Bertz CT molecular complexity index is 1600. The Labute approximate surface area is 211 Å². The van der Waals surface area contributed by atoms with E-state index in [1.807, 2.05) is 18.4 Å². The number of carboxylic acids is 1. The fourth-order valence-electron chi connectivity index (χ4n) is 5.44. The van der Waals surface area contributed by atoms with Crippen LogP contribution in [-0.2, 0) is 14.9 Å². The van der Waals surface area contributed by atoms with Gasteiger partial charge < -0.3 is 19.1 Å². The summed E-state index contributed by atoms with van der Waals surface area (Å²) in [5.41, 5.74) is 0.164. The van der Waals surface area contributed by atoms with Gasteiger partial charge in [-0.2, -0.15) is 10.4 Å². The predicted octanol–water partition coefficient (Wildman–Crippen LogP) is 5.33. The van der Waals surface area contributed by atoms with Gasteiger partial charge in [-0.05, 0) is 37.1 Å². The van der Waals surface area contributed by atoms with Crippen LogP contribution in [0.4, 0.5) is 8.78 Å². The maximum Gasteiger partial charge on any atom is 0.335 e. The second kappa shape index (κ2) is 8.56. The first-order chi connectivity index (χ1) is 17.5. The number of fused-ring (bicyclic) bond motifs is 2. The van der Waals surface area contributed by atoms with E-state index in [1.165, 1.54) is 32.4 Å². The molecule has 0 saturated carbocycles. The summed E-state index contributed by atoms with van der Waals surface area (Å²) < 4.78 is 43.4. The lowest BCUT2D eigenvalue weighted by Gasteiger charge is -2.28. The predicted molar refractivity (Wildman–Crippen MR) is 132 cm³/mol. The van der Waals surface area contributed by atoms with Gasteiger partial charge in [-0.15, -0.1) is 0 Å². The number of hydrogen-bond donors (Lipinski definition) is 2. The van der Waals surface area contributed by atoms with Crippen LogP contribution in [0.1, 0.15) is 50.8 Å². The fraction of sp³-hybridized carbons (Fsp3) is 0.370. The van der Waals surface area contributed by atoms with Crippen LogP contribution in [0.25, 0.3) is 27.5 Å². The van der Waals surface area contributed by atoms with Crippen LogP contribution >= 0.6 is 0 Å². The van der Waals surface area contributed by atoms with Gasteiger partial charge >= 0.3 is 5.97 Å². The monoisotopic (exact) mass is 508 g/mol. The van der Waals surface area contributed by atoms with Gasteiger partial charge in [0, 0.05) is 46.0 Å². The van der Waals surface area contributed by atoms with Gasteiger partial charge in [0.25, 0.3) is 0 Å². The lowest BCUT2D eigenvalue weighted by atomic mass is 9.79. The van der Waals surface area contributed by atoms with Crippen molar-refractivity contribution < 1.29 is 28.2 Å². The molecule has 2 aromatic heterocycles. The molecule has 0 amide bonds. The third-order valence-electron chi connectivity index (χ3n) is 7.30. The number of carboxylic acid groups (broad SMARTS) is 1. The van der Waals surface area contributed by atoms with Crippen molar-refractivity contribution in [2.75, 3.05) is 13.7 Å². The van der Waals surface area contributed by atoms with Crippen LogP contribution in [0.15, 0.2) is 30.5 Å². The molecule has 10 heteroatoms. The molecule has 0 radical (unpaired) electrons. The van der Waals surface area contributed by atoms with E-state index >= 15 is 4.39 Å². The van der Waals surface area contributed by atoms with Crippen LogP contribution in [0, 0.1) is 23.0 Å². The quantitative estimate of drug-likeness (QED) is 0.364. The van der Waals surface area contributed by atoms with Crippen LogP contribution in [0.3, 0.4) is 0 Å². The number of nitrogens with zero attached hydrogens (tertiary/aromatic N) is 3. The molecule has 1 saturated heterocycles. The molecule has 4 aromatic rings. The third kappa shape index (κ3) is 3.73. The molecule has 0 aliphatic carbocycles. The molecule has 192 valence electrons. The van der Waals surface area contributed by atoms with Gasteiger partial charge in [-0.25, -0.2) is 13.6 Å². The molecule has 0 bridgehead atoms. The molecule has 2 atom stereocenters. The summed E-state index contributed by atoms with van der Waals surface area (Å²) in [6, 6.07) is 8.37. The molecule has 1 fully saturated rings. The number of H-pyrrole nitrogens is 1. The van der Waals surface area contributed by atoms with Crippen molar-refractivity contribution in [3.63, 3.8) is 0 Å². The number of nitrogens with one attached hydrogen (secondary N) is 1. The molecule has 2 aromatic carbocycles. The van der Waals surface area contributed by atoms with E-state index < -0.39 is 34.5 Å². The van der Waals surface area contributed by atoms with E-state index in [0.29, 0.717) is 27.8 Å². The molecule has 5 rings (SSSR count). The largest absolute Gasteiger partial charge is 0.494 e. The minimum absolute atomic E-state index is 0.0115. The number of carbonyl (C=O) groups is 1. The number of benzene rings is 2. The van der Waals surface area contributed by atoms with Crippen LogP contribution < -0.4 is 4.74 Å². The highest BCUT2D eigenvalue weighted by Gasteiger charge is 2.46. The smallest absolute Gasteiger partial charge is 0.335 e. The summed E-state index contributed by atoms with van der Waals surface area (Å²) in [6.07, 6.45) is 1.73. The maximum atomic E-state index is 16.3. The van der Waals surface area contributed by atoms with E-state index in [1.54, 1.807) is 12.1 Å². The first-order valence-corrected chi connectivity index (χ1v) is 11.8. The third-order valence-corrected chi connectivity index (χ3v) is 7.30. The Morgan fingerprint density at radius 2 is 2.16 bits per heavy atom. The normalized spacial score (nSPS) is 20.0. The van der Waals surface area contributed by atoms with E-state index in [0.717, 1.165) is 0 Å². The second-order valence-corrected chi connectivity index (χ2v) is 10.3. The van der Waals surface area contributed by atoms with E-state index in [2.05, 4.69) is 16.3 Å². The van der Waals surface area contributed by atoms with Gasteiger partial charge in [-0.1, -0.05) is 13.8 Å². The van der Waals surface area contributed by atoms with E-state index in [4.69, 9.17) is 9.47 Å². The molecular weight excluding hydrogens is 482 g/mol. The highest BCUT2D eigenvalue weighted by Crippen LogP contribution is 2.48. The Morgan fingerprint density at radius 1 is 1.41 bits per heavy atom. The molecule has 3 heterocycles. The second-order valence-electron chi connectivity index (χ2n) is 10.3. The number of methoxy groups -OCH3 is 1. The minimum Gasteiger partial charge on any atom is -0.494 e. The van der Waals surface area contributed by atoms with E-state index in [-0.39, 0.29) is 36.1 Å². The first kappa shape index (κ1) is 24.7. The Morgan fingerprint density at radius 3 is 2.81 bits per heavy atom. The topological polar surface area (TPSA) is 113 Å². The van der Waals surface area contributed by atoms with Crippen molar-refractivity contribution in [2.24, 2.45) is 0 Å². The van der Waals surface area contributed by atoms with Crippen molar-refractivity contribution in [3.8, 4) is 17.5 Å².